The Kier molecular flexibility index (Phi) is 6.55. The molecule has 134 valence electrons. The van der Waals surface area contributed by atoms with Crippen LogP contribution in [-0.4, -0.2) is 38.3 Å². The van der Waals surface area contributed by atoms with Gasteiger partial charge in [-0.25, -0.2) is 8.42 Å². The van der Waals surface area contributed by atoms with E-state index in [0.717, 1.165) is 4.31 Å². The standard InChI is InChI=1S/C18H22N2O4S/c1-3-20(14-18(21)19-15-8-6-5-7-9-15)25(22,23)17-12-10-16(11-13-17)24-4-2/h5-13H,3-4,14H2,1-2H3,(H,19,21). The highest BCUT2D eigenvalue weighted by atomic mass is 32.2. The first-order chi connectivity index (χ1) is 12.0. The molecule has 0 aromatic heterocycles. The number of sulfonamides is 1. The van der Waals surface area contributed by atoms with Crippen molar-refractivity contribution in [2.75, 3.05) is 25.0 Å². The van der Waals surface area contributed by atoms with Gasteiger partial charge >= 0.3 is 0 Å². The Morgan fingerprint density at radius 3 is 2.24 bits per heavy atom. The van der Waals surface area contributed by atoms with Crippen LogP contribution in [0.5, 0.6) is 5.75 Å². The van der Waals surface area contributed by atoms with Crippen molar-refractivity contribution in [1.82, 2.24) is 4.31 Å². The second-order valence-corrected chi connectivity index (χ2v) is 7.19. The number of nitrogens with zero attached hydrogens (tertiary/aromatic N) is 1. The van der Waals surface area contributed by atoms with Gasteiger partial charge in [0.25, 0.3) is 0 Å². The number of carbonyl (C=O) groups excluding carboxylic acids is 1. The normalized spacial score (nSPS) is 11.3. The average Bonchev–Trinajstić information content (AvgIpc) is 2.61. The van der Waals surface area contributed by atoms with Crippen LogP contribution in [0.15, 0.2) is 59.5 Å². The SMILES string of the molecule is CCOc1ccc(S(=O)(=O)N(CC)CC(=O)Nc2ccccc2)cc1. The van der Waals surface area contributed by atoms with Crippen molar-refractivity contribution in [2.24, 2.45) is 0 Å². The molecule has 2 rings (SSSR count). The Hall–Kier alpha value is -2.38. The number of ether oxygens (including phenoxy) is 1. The van der Waals surface area contributed by atoms with Crippen LogP contribution >= 0.6 is 0 Å². The summed E-state index contributed by atoms with van der Waals surface area (Å²) in [6.45, 7) is 4.00. The van der Waals surface area contributed by atoms with Crippen LogP contribution in [0.4, 0.5) is 5.69 Å². The number of benzene rings is 2. The largest absolute Gasteiger partial charge is 0.494 e. The van der Waals surface area contributed by atoms with Crippen molar-refractivity contribution in [2.45, 2.75) is 18.7 Å². The highest BCUT2D eigenvalue weighted by Gasteiger charge is 2.25. The molecule has 2 aromatic rings. The summed E-state index contributed by atoms with van der Waals surface area (Å²) in [6.07, 6.45) is 0. The van der Waals surface area contributed by atoms with Gasteiger partial charge in [0.2, 0.25) is 15.9 Å². The summed E-state index contributed by atoms with van der Waals surface area (Å²) in [5, 5.41) is 2.69. The van der Waals surface area contributed by atoms with Crippen LogP contribution in [0.1, 0.15) is 13.8 Å². The summed E-state index contributed by atoms with van der Waals surface area (Å²) < 4.78 is 31.9. The van der Waals surface area contributed by atoms with Gasteiger partial charge in [0.05, 0.1) is 18.0 Å². The number of para-hydroxylation sites is 1. The lowest BCUT2D eigenvalue weighted by Crippen LogP contribution is -2.37. The van der Waals surface area contributed by atoms with E-state index >= 15 is 0 Å². The fraction of sp³-hybridized carbons (Fsp3) is 0.278. The molecule has 1 amide bonds. The quantitative estimate of drug-likeness (QED) is 0.783. The molecule has 0 unspecified atom stereocenters. The zero-order valence-corrected chi connectivity index (χ0v) is 15.1. The third kappa shape index (κ3) is 5.04. The number of rotatable bonds is 8. The lowest BCUT2D eigenvalue weighted by atomic mass is 10.3. The Bertz CT molecular complexity index is 790. The average molecular weight is 362 g/mol. The maximum Gasteiger partial charge on any atom is 0.243 e. The summed E-state index contributed by atoms with van der Waals surface area (Å²) in [4.78, 5) is 12.3. The zero-order chi connectivity index (χ0) is 18.3. The minimum atomic E-state index is -3.75. The molecule has 0 bridgehead atoms. The van der Waals surface area contributed by atoms with Crippen LogP contribution in [0.3, 0.4) is 0 Å². The minimum absolute atomic E-state index is 0.130. The summed E-state index contributed by atoms with van der Waals surface area (Å²) in [5.74, 6) is 0.217. The van der Waals surface area contributed by atoms with E-state index in [1.165, 1.54) is 12.1 Å². The van der Waals surface area contributed by atoms with E-state index < -0.39 is 10.0 Å². The predicted octanol–water partition coefficient (Wildman–Crippen LogP) is 2.73. The molecule has 2 aromatic carbocycles. The molecule has 1 N–H and O–H groups in total. The molecule has 0 aliphatic carbocycles. The van der Waals surface area contributed by atoms with Crippen molar-refractivity contribution >= 4 is 21.6 Å². The van der Waals surface area contributed by atoms with E-state index in [1.807, 2.05) is 13.0 Å². The van der Waals surface area contributed by atoms with Gasteiger partial charge in [-0.2, -0.15) is 4.31 Å². The summed E-state index contributed by atoms with van der Waals surface area (Å²) >= 11 is 0. The van der Waals surface area contributed by atoms with Crippen molar-refractivity contribution in [3.05, 3.63) is 54.6 Å². The topological polar surface area (TPSA) is 75.7 Å². The van der Waals surface area contributed by atoms with Crippen molar-refractivity contribution < 1.29 is 17.9 Å². The molecule has 25 heavy (non-hydrogen) atoms. The summed E-state index contributed by atoms with van der Waals surface area (Å²) in [7, 11) is -3.75. The summed E-state index contributed by atoms with van der Waals surface area (Å²) in [6, 6.07) is 15.1. The van der Waals surface area contributed by atoms with Gasteiger partial charge in [0.15, 0.2) is 0 Å². The van der Waals surface area contributed by atoms with Crippen LogP contribution < -0.4 is 10.1 Å². The van der Waals surface area contributed by atoms with E-state index in [0.29, 0.717) is 18.0 Å². The third-order valence-corrected chi connectivity index (χ3v) is 5.44. The fourth-order valence-corrected chi connectivity index (χ4v) is 3.68. The molecule has 6 nitrogen and oxygen atoms in total. The van der Waals surface area contributed by atoms with Crippen molar-refractivity contribution in [1.29, 1.82) is 0 Å². The molecular formula is C18H22N2O4S. The first-order valence-electron chi connectivity index (χ1n) is 8.05. The number of hydrogen-bond donors (Lipinski definition) is 1. The van der Waals surface area contributed by atoms with Gasteiger partial charge in [-0.15, -0.1) is 0 Å². The van der Waals surface area contributed by atoms with E-state index in [9.17, 15) is 13.2 Å². The Balaban J connectivity index is 2.10. The predicted molar refractivity (Wildman–Crippen MR) is 97.1 cm³/mol. The number of hydrogen-bond acceptors (Lipinski definition) is 4. The van der Waals surface area contributed by atoms with Crippen LogP contribution in [-0.2, 0) is 14.8 Å². The highest BCUT2D eigenvalue weighted by Crippen LogP contribution is 2.19. The molecule has 0 radical (unpaired) electrons. The van der Waals surface area contributed by atoms with Gasteiger partial charge in [0.1, 0.15) is 5.75 Å². The first-order valence-corrected chi connectivity index (χ1v) is 9.49. The van der Waals surface area contributed by atoms with Crippen LogP contribution in [0.25, 0.3) is 0 Å². The van der Waals surface area contributed by atoms with E-state index in [-0.39, 0.29) is 23.9 Å². The zero-order valence-electron chi connectivity index (χ0n) is 14.3. The van der Waals surface area contributed by atoms with E-state index in [2.05, 4.69) is 5.32 Å². The molecular weight excluding hydrogens is 340 g/mol. The fourth-order valence-electron chi connectivity index (χ4n) is 2.27. The van der Waals surface area contributed by atoms with Gasteiger partial charge in [-0.3, -0.25) is 4.79 Å². The van der Waals surface area contributed by atoms with Crippen LogP contribution in [0, 0.1) is 0 Å². The number of anilines is 1. The smallest absolute Gasteiger partial charge is 0.243 e. The Morgan fingerprint density at radius 1 is 1.04 bits per heavy atom. The lowest BCUT2D eigenvalue weighted by molar-refractivity contribution is -0.116. The molecule has 0 saturated heterocycles. The molecule has 0 aliphatic rings. The maximum atomic E-state index is 12.7. The second kappa shape index (κ2) is 8.64. The van der Waals surface area contributed by atoms with E-state index in [1.54, 1.807) is 43.3 Å². The first kappa shape index (κ1) is 19.0. The maximum absolute atomic E-state index is 12.7. The summed E-state index contributed by atoms with van der Waals surface area (Å²) in [5.41, 5.74) is 0.627. The third-order valence-electron chi connectivity index (χ3n) is 3.50. The Labute approximate surface area is 148 Å². The molecule has 0 spiro atoms. The van der Waals surface area contributed by atoms with E-state index in [4.69, 9.17) is 4.74 Å². The highest BCUT2D eigenvalue weighted by molar-refractivity contribution is 7.89. The lowest BCUT2D eigenvalue weighted by Gasteiger charge is -2.20. The molecule has 0 saturated carbocycles. The molecule has 0 atom stereocenters. The Morgan fingerprint density at radius 2 is 1.68 bits per heavy atom. The number of nitrogens with one attached hydrogen (secondary N) is 1. The van der Waals surface area contributed by atoms with Gasteiger partial charge < -0.3 is 10.1 Å². The number of carbonyl (C=O) groups is 1. The van der Waals surface area contributed by atoms with Gasteiger partial charge in [0, 0.05) is 12.2 Å². The van der Waals surface area contributed by atoms with Gasteiger partial charge in [-0.05, 0) is 43.3 Å². The molecule has 7 heteroatoms. The van der Waals surface area contributed by atoms with Gasteiger partial charge in [-0.1, -0.05) is 25.1 Å². The molecule has 0 fully saturated rings. The number of amides is 1. The van der Waals surface area contributed by atoms with Crippen molar-refractivity contribution in [3.8, 4) is 5.75 Å². The number of likely N-dealkylation sites (N-methyl/N-ethyl adjacent to an activating group) is 1. The molecule has 0 aliphatic heterocycles. The van der Waals surface area contributed by atoms with Crippen molar-refractivity contribution in [3.63, 3.8) is 0 Å². The minimum Gasteiger partial charge on any atom is -0.494 e. The molecule has 0 heterocycles. The monoisotopic (exact) mass is 362 g/mol. The van der Waals surface area contributed by atoms with Crippen LogP contribution in [0.2, 0.25) is 0 Å². The second-order valence-electron chi connectivity index (χ2n) is 5.25.